The molecule has 1 N–H and O–H groups in total. The molecule has 0 fully saturated rings. The summed E-state index contributed by atoms with van der Waals surface area (Å²) in [6.07, 6.45) is 4.59. The number of carbonyl (C=O) groups is 1. The first-order valence-electron chi connectivity index (χ1n) is 6.09. The molecule has 0 aliphatic rings. The Labute approximate surface area is 102 Å². The molecule has 0 aromatic carbocycles. The number of carbonyl (C=O) groups excluding carboxylic acids is 1. The van der Waals surface area contributed by atoms with E-state index < -0.39 is 5.97 Å². The number of aliphatic carboxylic acids is 1. The number of quaternary nitrogens is 1. The summed E-state index contributed by atoms with van der Waals surface area (Å²) < 4.78 is 0. The fourth-order valence-electron chi connectivity index (χ4n) is 1.71. The molecule has 0 bridgehead atoms. The van der Waals surface area contributed by atoms with Gasteiger partial charge in [-0.2, -0.15) is 0 Å². The third-order valence-electron chi connectivity index (χ3n) is 2.77. The molecule has 1 aromatic rings. The van der Waals surface area contributed by atoms with Crippen molar-refractivity contribution in [1.29, 1.82) is 0 Å². The Morgan fingerprint density at radius 3 is 2.82 bits per heavy atom. The van der Waals surface area contributed by atoms with Crippen LogP contribution < -0.4 is 10.0 Å². The van der Waals surface area contributed by atoms with Crippen LogP contribution in [0.1, 0.15) is 25.0 Å². The van der Waals surface area contributed by atoms with Gasteiger partial charge in [-0.05, 0) is 31.4 Å². The summed E-state index contributed by atoms with van der Waals surface area (Å²) in [4.78, 5) is 15.9. The number of unbranched alkanes of at least 4 members (excludes halogenated alkanes) is 1. The van der Waals surface area contributed by atoms with Gasteiger partial charge in [0.15, 0.2) is 0 Å². The fraction of sp³-hybridized carbons (Fsp3) is 0.538. The summed E-state index contributed by atoms with van der Waals surface area (Å²) >= 11 is 0. The van der Waals surface area contributed by atoms with Crippen molar-refractivity contribution in [2.24, 2.45) is 0 Å². The number of rotatable bonds is 8. The molecule has 17 heavy (non-hydrogen) atoms. The lowest BCUT2D eigenvalue weighted by Crippen LogP contribution is -3.09. The van der Waals surface area contributed by atoms with Crippen LogP contribution in [0.4, 0.5) is 0 Å². The van der Waals surface area contributed by atoms with Gasteiger partial charge in [0.1, 0.15) is 0 Å². The van der Waals surface area contributed by atoms with Crippen LogP contribution in [0.3, 0.4) is 0 Å². The molecule has 1 rings (SSSR count). The summed E-state index contributed by atoms with van der Waals surface area (Å²) in [5.74, 6) is -0.948. The number of nitrogens with one attached hydrogen (secondary N) is 1. The maximum Gasteiger partial charge on any atom is 0.0825 e. The maximum absolute atomic E-state index is 10.2. The van der Waals surface area contributed by atoms with Crippen molar-refractivity contribution in [2.45, 2.75) is 25.7 Å². The van der Waals surface area contributed by atoms with Gasteiger partial charge in [-0.3, -0.25) is 4.98 Å². The van der Waals surface area contributed by atoms with E-state index in [9.17, 15) is 9.90 Å². The van der Waals surface area contributed by atoms with Gasteiger partial charge in [0.2, 0.25) is 0 Å². The minimum atomic E-state index is -0.948. The Balaban J connectivity index is 2.09. The van der Waals surface area contributed by atoms with E-state index in [1.165, 1.54) is 4.90 Å². The molecule has 94 valence electrons. The van der Waals surface area contributed by atoms with Gasteiger partial charge in [0, 0.05) is 24.3 Å². The molecule has 4 nitrogen and oxygen atoms in total. The van der Waals surface area contributed by atoms with Crippen molar-refractivity contribution >= 4 is 5.97 Å². The minimum absolute atomic E-state index is 0.174. The highest BCUT2D eigenvalue weighted by Gasteiger charge is 2.02. The zero-order valence-electron chi connectivity index (χ0n) is 10.3. The van der Waals surface area contributed by atoms with Crippen LogP contribution in [-0.4, -0.2) is 31.1 Å². The molecule has 0 saturated carbocycles. The van der Waals surface area contributed by atoms with E-state index in [4.69, 9.17) is 0 Å². The quantitative estimate of drug-likeness (QED) is 0.593. The second kappa shape index (κ2) is 7.79. The second-order valence-electron chi connectivity index (χ2n) is 4.36. The van der Waals surface area contributed by atoms with Crippen LogP contribution >= 0.6 is 0 Å². The summed E-state index contributed by atoms with van der Waals surface area (Å²) in [5, 5.41) is 10.2. The third kappa shape index (κ3) is 6.68. The first kappa shape index (κ1) is 13.6. The smallest absolute Gasteiger partial charge is 0.0825 e. The highest BCUT2D eigenvalue weighted by molar-refractivity contribution is 5.63. The normalized spacial score (nSPS) is 12.3. The Morgan fingerprint density at radius 1 is 1.35 bits per heavy atom. The molecule has 4 heteroatoms. The Morgan fingerprint density at radius 2 is 2.18 bits per heavy atom. The Bertz CT molecular complexity index is 327. The summed E-state index contributed by atoms with van der Waals surface area (Å²) in [5.41, 5.74) is 1.11. The van der Waals surface area contributed by atoms with Crippen LogP contribution in [-0.2, 0) is 11.2 Å². The lowest BCUT2D eigenvalue weighted by atomic mass is 10.2. The third-order valence-corrected chi connectivity index (χ3v) is 2.77. The monoisotopic (exact) mass is 236 g/mol. The van der Waals surface area contributed by atoms with Gasteiger partial charge >= 0.3 is 0 Å². The van der Waals surface area contributed by atoms with Crippen molar-refractivity contribution in [2.75, 3.05) is 20.1 Å². The molecular formula is C13H20N2O2. The maximum atomic E-state index is 10.2. The van der Waals surface area contributed by atoms with Crippen molar-refractivity contribution in [1.82, 2.24) is 4.98 Å². The van der Waals surface area contributed by atoms with Gasteiger partial charge in [-0.15, -0.1) is 0 Å². The molecule has 0 spiro atoms. The SMILES string of the molecule is C[NH+](CCCCC(=O)[O-])CCc1ccccn1. The van der Waals surface area contributed by atoms with Crippen LogP contribution in [0.5, 0.6) is 0 Å². The predicted octanol–water partition coefficient (Wildman–Crippen LogP) is -0.941. The zero-order chi connectivity index (χ0) is 12.5. The standard InChI is InChI=1S/C13H20N2O2/c1-15(10-5-3-7-13(16)17)11-8-12-6-2-4-9-14-12/h2,4,6,9H,3,5,7-8,10-11H2,1H3,(H,16,17). The molecule has 0 saturated heterocycles. The van der Waals surface area contributed by atoms with E-state index >= 15 is 0 Å². The van der Waals surface area contributed by atoms with Crippen LogP contribution in [0.25, 0.3) is 0 Å². The largest absolute Gasteiger partial charge is 0.550 e. The van der Waals surface area contributed by atoms with E-state index in [0.29, 0.717) is 6.42 Å². The van der Waals surface area contributed by atoms with Crippen molar-refractivity contribution in [3.8, 4) is 0 Å². The number of likely N-dealkylation sites (N-methyl/N-ethyl adjacent to an activating group) is 1. The molecule has 0 radical (unpaired) electrons. The summed E-state index contributed by atoms with van der Waals surface area (Å²) in [6, 6.07) is 5.95. The molecule has 1 unspecified atom stereocenters. The highest BCUT2D eigenvalue weighted by Crippen LogP contribution is 1.93. The topological polar surface area (TPSA) is 57.5 Å². The molecule has 0 aliphatic carbocycles. The van der Waals surface area contributed by atoms with E-state index in [-0.39, 0.29) is 6.42 Å². The minimum Gasteiger partial charge on any atom is -0.550 e. The fourth-order valence-corrected chi connectivity index (χ4v) is 1.71. The van der Waals surface area contributed by atoms with E-state index in [2.05, 4.69) is 12.0 Å². The van der Waals surface area contributed by atoms with Gasteiger partial charge in [-0.1, -0.05) is 6.07 Å². The van der Waals surface area contributed by atoms with Crippen LogP contribution in [0, 0.1) is 0 Å². The number of carboxylic acid groups (broad SMARTS) is 1. The van der Waals surface area contributed by atoms with Crippen molar-refractivity contribution in [3.05, 3.63) is 30.1 Å². The molecular weight excluding hydrogens is 216 g/mol. The van der Waals surface area contributed by atoms with E-state index in [0.717, 1.165) is 31.6 Å². The van der Waals surface area contributed by atoms with Gasteiger partial charge < -0.3 is 14.8 Å². The summed E-state index contributed by atoms with van der Waals surface area (Å²) in [6.45, 7) is 2.03. The summed E-state index contributed by atoms with van der Waals surface area (Å²) in [7, 11) is 2.13. The number of pyridine rings is 1. The second-order valence-corrected chi connectivity index (χ2v) is 4.36. The van der Waals surface area contributed by atoms with E-state index in [1.807, 2.05) is 24.4 Å². The van der Waals surface area contributed by atoms with E-state index in [1.54, 1.807) is 0 Å². The highest BCUT2D eigenvalue weighted by atomic mass is 16.4. The van der Waals surface area contributed by atoms with Crippen LogP contribution in [0.15, 0.2) is 24.4 Å². The first-order valence-corrected chi connectivity index (χ1v) is 6.09. The average molecular weight is 236 g/mol. The predicted molar refractivity (Wildman–Crippen MR) is 63.4 cm³/mol. The Kier molecular flexibility index (Phi) is 6.25. The van der Waals surface area contributed by atoms with Crippen molar-refractivity contribution in [3.63, 3.8) is 0 Å². The zero-order valence-corrected chi connectivity index (χ0v) is 10.3. The van der Waals surface area contributed by atoms with Gasteiger partial charge in [0.05, 0.1) is 20.1 Å². The van der Waals surface area contributed by atoms with Crippen LogP contribution in [0.2, 0.25) is 0 Å². The molecule has 0 aliphatic heterocycles. The number of aromatic nitrogens is 1. The van der Waals surface area contributed by atoms with Crippen molar-refractivity contribution < 1.29 is 14.8 Å². The number of hydrogen-bond acceptors (Lipinski definition) is 3. The number of nitrogens with zero attached hydrogens (tertiary/aromatic N) is 1. The van der Waals surface area contributed by atoms with Gasteiger partial charge in [-0.25, -0.2) is 0 Å². The molecule has 1 atom stereocenters. The lowest BCUT2D eigenvalue weighted by molar-refractivity contribution is -0.879. The Hall–Kier alpha value is -1.42. The first-order chi connectivity index (χ1) is 8.18. The molecule has 0 amide bonds. The molecule has 1 aromatic heterocycles. The average Bonchev–Trinajstić information content (AvgIpc) is 2.33. The van der Waals surface area contributed by atoms with Gasteiger partial charge in [0.25, 0.3) is 0 Å². The number of carboxylic acids is 1. The lowest BCUT2D eigenvalue weighted by Gasteiger charge is -2.13. The molecule has 1 heterocycles. The number of hydrogen-bond donors (Lipinski definition) is 1.